The third-order valence-electron chi connectivity index (χ3n) is 3.28. The molecule has 2 atom stereocenters. The molecule has 0 aromatic rings. The van der Waals surface area contributed by atoms with Gasteiger partial charge in [-0.1, -0.05) is 57.5 Å². The maximum Gasteiger partial charge on any atom is 0.193 e. The first-order valence-electron chi connectivity index (χ1n) is 5.82. The van der Waals surface area contributed by atoms with Gasteiger partial charge in [-0.3, -0.25) is 0 Å². The lowest BCUT2D eigenvalue weighted by Crippen LogP contribution is -2.48. The van der Waals surface area contributed by atoms with Gasteiger partial charge in [-0.05, 0) is 12.8 Å². The lowest BCUT2D eigenvalue weighted by Gasteiger charge is -2.36. The number of hydrogen-bond donors (Lipinski definition) is 0. The van der Waals surface area contributed by atoms with Crippen LogP contribution in [0.1, 0.15) is 38.5 Å². The molecule has 2 rings (SSSR count). The monoisotopic (exact) mass is 340 g/mol. The number of rotatable bonds is 0. The first kappa shape index (κ1) is 12.3. The van der Waals surface area contributed by atoms with Crippen LogP contribution >= 0.6 is 31.9 Å². The zero-order valence-electron chi connectivity index (χ0n) is 8.88. The van der Waals surface area contributed by atoms with Gasteiger partial charge in [0.1, 0.15) is 0 Å². The molecule has 2 nitrogen and oxygen atoms in total. The van der Waals surface area contributed by atoms with Crippen LogP contribution < -0.4 is 0 Å². The molecule has 1 heterocycles. The van der Waals surface area contributed by atoms with Crippen LogP contribution in [0.15, 0.2) is 0 Å². The second-order valence-corrected chi connectivity index (χ2v) is 6.56. The summed E-state index contributed by atoms with van der Waals surface area (Å²) in [6.07, 6.45) is 7.48. The number of alkyl halides is 2. The van der Waals surface area contributed by atoms with Gasteiger partial charge in [-0.2, -0.15) is 0 Å². The molecule has 88 valence electrons. The van der Waals surface area contributed by atoms with Crippen molar-refractivity contribution in [3.8, 4) is 0 Å². The zero-order valence-corrected chi connectivity index (χ0v) is 12.1. The van der Waals surface area contributed by atoms with E-state index in [9.17, 15) is 0 Å². The van der Waals surface area contributed by atoms with Gasteiger partial charge in [0.25, 0.3) is 0 Å². The van der Waals surface area contributed by atoms with Crippen molar-refractivity contribution in [1.82, 2.24) is 0 Å². The Morgan fingerprint density at radius 3 is 1.73 bits per heavy atom. The van der Waals surface area contributed by atoms with E-state index in [1.165, 1.54) is 25.7 Å². The summed E-state index contributed by atoms with van der Waals surface area (Å²) in [4.78, 5) is 0.630. The fraction of sp³-hybridized carbons (Fsp3) is 1.00. The van der Waals surface area contributed by atoms with Crippen molar-refractivity contribution < 1.29 is 9.47 Å². The molecule has 0 aromatic heterocycles. The summed E-state index contributed by atoms with van der Waals surface area (Å²) in [5.74, 6) is -0.412. The second-order valence-electron chi connectivity index (χ2n) is 4.34. The van der Waals surface area contributed by atoms with Crippen LogP contribution in [0.3, 0.4) is 0 Å². The van der Waals surface area contributed by atoms with Crippen molar-refractivity contribution in [2.24, 2.45) is 0 Å². The van der Waals surface area contributed by atoms with Crippen molar-refractivity contribution >= 4 is 31.9 Å². The topological polar surface area (TPSA) is 18.5 Å². The lowest BCUT2D eigenvalue weighted by molar-refractivity contribution is -0.155. The molecule has 0 unspecified atom stereocenters. The number of ether oxygens (including phenoxy) is 2. The fourth-order valence-corrected chi connectivity index (χ4v) is 4.57. The molecule has 1 saturated heterocycles. The molecule has 0 amide bonds. The van der Waals surface area contributed by atoms with Crippen molar-refractivity contribution in [2.45, 2.75) is 54.0 Å². The molecule has 0 radical (unpaired) electrons. The van der Waals surface area contributed by atoms with E-state index in [1.54, 1.807) is 0 Å². The molecule has 0 N–H and O–H groups in total. The molecule has 1 aliphatic heterocycles. The van der Waals surface area contributed by atoms with E-state index in [2.05, 4.69) is 31.9 Å². The predicted molar refractivity (Wildman–Crippen MR) is 67.8 cm³/mol. The third-order valence-corrected chi connectivity index (χ3v) is 5.47. The van der Waals surface area contributed by atoms with Gasteiger partial charge in [-0.15, -0.1) is 0 Å². The van der Waals surface area contributed by atoms with E-state index < -0.39 is 5.79 Å². The third kappa shape index (κ3) is 2.59. The highest BCUT2D eigenvalue weighted by Crippen LogP contribution is 2.41. The molecule has 4 heteroatoms. The van der Waals surface area contributed by atoms with E-state index in [0.29, 0.717) is 9.65 Å². The molecule has 15 heavy (non-hydrogen) atoms. The first-order chi connectivity index (χ1) is 7.26. The van der Waals surface area contributed by atoms with Crippen LogP contribution in [0.25, 0.3) is 0 Å². The summed E-state index contributed by atoms with van der Waals surface area (Å²) >= 11 is 7.50. The summed E-state index contributed by atoms with van der Waals surface area (Å²) < 4.78 is 11.8. The van der Waals surface area contributed by atoms with E-state index >= 15 is 0 Å². The minimum atomic E-state index is -0.412. The quantitative estimate of drug-likeness (QED) is 0.626. The summed E-state index contributed by atoms with van der Waals surface area (Å²) in [6, 6.07) is 0. The zero-order chi connectivity index (χ0) is 10.7. The van der Waals surface area contributed by atoms with E-state index in [-0.39, 0.29) is 0 Å². The largest absolute Gasteiger partial charge is 0.345 e. The minimum Gasteiger partial charge on any atom is -0.345 e. The summed E-state index contributed by atoms with van der Waals surface area (Å²) in [5, 5.41) is 0. The average molecular weight is 342 g/mol. The lowest BCUT2D eigenvalue weighted by atomic mass is 10.0. The van der Waals surface area contributed by atoms with E-state index in [4.69, 9.17) is 9.47 Å². The Labute approximate surface area is 108 Å². The molecule has 0 bridgehead atoms. The van der Waals surface area contributed by atoms with Gasteiger partial charge in [0.2, 0.25) is 0 Å². The molecule has 1 saturated carbocycles. The second kappa shape index (κ2) is 5.48. The Hall–Kier alpha value is 0.880. The molecule has 2 fully saturated rings. The molecule has 2 aliphatic rings. The maximum absolute atomic E-state index is 5.88. The Morgan fingerprint density at radius 2 is 1.27 bits per heavy atom. The maximum atomic E-state index is 5.88. The molecule has 1 aliphatic carbocycles. The minimum absolute atomic E-state index is 0.315. The highest BCUT2D eigenvalue weighted by atomic mass is 79.9. The van der Waals surface area contributed by atoms with Gasteiger partial charge in [-0.25, -0.2) is 0 Å². The van der Waals surface area contributed by atoms with Crippen LogP contribution in [-0.2, 0) is 9.47 Å². The van der Waals surface area contributed by atoms with Crippen molar-refractivity contribution in [3.63, 3.8) is 0 Å². The smallest absolute Gasteiger partial charge is 0.193 e. The molecular formula is C11H18Br2O2. The summed E-state index contributed by atoms with van der Waals surface area (Å²) in [5.41, 5.74) is 0. The van der Waals surface area contributed by atoms with Crippen LogP contribution in [0.5, 0.6) is 0 Å². The molecule has 1 spiro atoms. The first-order valence-corrected chi connectivity index (χ1v) is 7.65. The SMILES string of the molecule is Br[C@@H]1CCCCCC[C@H](Br)C12OCCO2. The van der Waals surface area contributed by atoms with E-state index in [0.717, 1.165) is 26.1 Å². The van der Waals surface area contributed by atoms with Gasteiger partial charge >= 0.3 is 0 Å². The van der Waals surface area contributed by atoms with Gasteiger partial charge < -0.3 is 9.47 Å². The Balaban J connectivity index is 2.12. The molecular weight excluding hydrogens is 324 g/mol. The summed E-state index contributed by atoms with van der Waals surface area (Å²) in [7, 11) is 0. The normalized spacial score (nSPS) is 37.2. The van der Waals surface area contributed by atoms with Crippen molar-refractivity contribution in [3.05, 3.63) is 0 Å². The van der Waals surface area contributed by atoms with Crippen LogP contribution in [0.2, 0.25) is 0 Å². The van der Waals surface area contributed by atoms with Gasteiger partial charge in [0.05, 0.1) is 22.9 Å². The van der Waals surface area contributed by atoms with Crippen LogP contribution in [-0.4, -0.2) is 28.7 Å². The van der Waals surface area contributed by atoms with Crippen LogP contribution in [0.4, 0.5) is 0 Å². The average Bonchev–Trinajstić information content (AvgIpc) is 2.72. The summed E-state index contributed by atoms with van der Waals surface area (Å²) in [6.45, 7) is 1.45. The van der Waals surface area contributed by atoms with Crippen molar-refractivity contribution in [1.29, 1.82) is 0 Å². The number of hydrogen-bond acceptors (Lipinski definition) is 2. The van der Waals surface area contributed by atoms with Gasteiger partial charge in [0.15, 0.2) is 5.79 Å². The molecule has 0 aromatic carbocycles. The predicted octanol–water partition coefficient (Wildman–Crippen LogP) is 3.61. The number of halogens is 2. The van der Waals surface area contributed by atoms with Crippen molar-refractivity contribution in [2.75, 3.05) is 13.2 Å². The fourth-order valence-electron chi connectivity index (χ4n) is 2.40. The van der Waals surface area contributed by atoms with E-state index in [1.807, 2.05) is 0 Å². The highest BCUT2D eigenvalue weighted by molar-refractivity contribution is 9.10. The Morgan fingerprint density at radius 1 is 0.800 bits per heavy atom. The van der Waals surface area contributed by atoms with Crippen LogP contribution in [0, 0.1) is 0 Å². The Bertz CT molecular complexity index is 189. The highest BCUT2D eigenvalue weighted by Gasteiger charge is 2.48. The standard InChI is InChI=1S/C11H18Br2O2/c12-9-5-3-1-2-4-6-10(13)11(9)14-7-8-15-11/h9-10H,1-8H2/t9-,10+. The Kier molecular flexibility index (Phi) is 4.50. The van der Waals surface area contributed by atoms with Gasteiger partial charge in [0, 0.05) is 0 Å².